The summed E-state index contributed by atoms with van der Waals surface area (Å²) in [4.78, 5) is 57.6. The van der Waals surface area contributed by atoms with Crippen LogP contribution in [0, 0.1) is 29.1 Å². The van der Waals surface area contributed by atoms with Crippen molar-refractivity contribution in [2.75, 3.05) is 40.3 Å². The van der Waals surface area contributed by atoms with Gasteiger partial charge in [0.25, 0.3) is 0 Å². The Morgan fingerprint density at radius 2 is 1.88 bits per heavy atom. The summed E-state index contributed by atoms with van der Waals surface area (Å²) in [6, 6.07) is 6.00. The van der Waals surface area contributed by atoms with Gasteiger partial charge < -0.3 is 26.1 Å². The van der Waals surface area contributed by atoms with E-state index in [0.717, 1.165) is 19.5 Å². The van der Waals surface area contributed by atoms with Crippen molar-refractivity contribution in [2.45, 2.75) is 30.9 Å². The molecule has 2 aromatic rings. The van der Waals surface area contributed by atoms with Crippen LogP contribution in [-0.2, 0) is 20.8 Å². The molecule has 1 heterocycles. The molecule has 1 aliphatic heterocycles. The summed E-state index contributed by atoms with van der Waals surface area (Å²) in [5, 5.41) is 32.9. The number of fused-ring (bicyclic) bond motifs is 4. The minimum absolute atomic E-state index is 0.0201. The SMILES string of the molecule is CN(C)C1C(=O)C(C(N)=O)C(=N)C2(O)C(=O)C3C(=O)c4c(c(OCCN5CCC5)c5ccccc5c4O)CC3CC12. The number of hydrogen-bond acceptors (Lipinski definition) is 10. The Bertz CT molecular complexity index is 1520. The molecule has 11 heteroatoms. The minimum atomic E-state index is -2.53. The van der Waals surface area contributed by atoms with Gasteiger partial charge >= 0.3 is 0 Å². The predicted molar refractivity (Wildman–Crippen MR) is 148 cm³/mol. The van der Waals surface area contributed by atoms with Gasteiger partial charge in [0.2, 0.25) is 5.91 Å². The largest absolute Gasteiger partial charge is 0.507 e. The molecule has 1 saturated heterocycles. The first kappa shape index (κ1) is 27.5. The van der Waals surface area contributed by atoms with Crippen LogP contribution >= 0.6 is 0 Å². The number of Topliss-reactive ketones (excluding diaryl/α,β-unsaturated/α-hetero) is 3. The van der Waals surface area contributed by atoms with Crippen LogP contribution in [0.25, 0.3) is 10.8 Å². The third-order valence-electron chi connectivity index (χ3n) is 9.56. The molecule has 11 nitrogen and oxygen atoms in total. The van der Waals surface area contributed by atoms with Crippen molar-refractivity contribution >= 4 is 39.7 Å². The van der Waals surface area contributed by atoms with Crippen molar-refractivity contribution in [3.8, 4) is 11.5 Å². The molecule has 0 spiro atoms. The second kappa shape index (κ2) is 9.71. The number of aromatic hydroxyl groups is 1. The fourth-order valence-corrected chi connectivity index (χ4v) is 7.49. The van der Waals surface area contributed by atoms with Gasteiger partial charge in [-0.25, -0.2) is 0 Å². The van der Waals surface area contributed by atoms with Crippen LogP contribution in [0.4, 0.5) is 0 Å². The summed E-state index contributed by atoms with van der Waals surface area (Å²) in [6.45, 7) is 3.11. The monoisotopic (exact) mass is 562 g/mol. The van der Waals surface area contributed by atoms with Crippen LogP contribution in [0.3, 0.4) is 0 Å². The lowest BCUT2D eigenvalue weighted by Crippen LogP contribution is -2.73. The van der Waals surface area contributed by atoms with E-state index >= 15 is 0 Å². The van der Waals surface area contributed by atoms with Crippen LogP contribution in [0.2, 0.25) is 0 Å². The van der Waals surface area contributed by atoms with E-state index in [4.69, 9.17) is 15.9 Å². The maximum absolute atomic E-state index is 14.1. The normalized spacial score (nSPS) is 31.5. The molecule has 41 heavy (non-hydrogen) atoms. The van der Waals surface area contributed by atoms with Gasteiger partial charge in [0.05, 0.1) is 23.2 Å². The number of ketones is 3. The highest BCUT2D eigenvalue weighted by Gasteiger charge is 2.67. The zero-order chi connectivity index (χ0) is 29.4. The number of benzene rings is 2. The van der Waals surface area contributed by atoms with Crippen molar-refractivity contribution in [1.29, 1.82) is 5.41 Å². The number of carbonyl (C=O) groups excluding carboxylic acids is 4. The van der Waals surface area contributed by atoms with Gasteiger partial charge in [-0.1, -0.05) is 24.3 Å². The summed E-state index contributed by atoms with van der Waals surface area (Å²) < 4.78 is 6.31. The average Bonchev–Trinajstić information content (AvgIpc) is 2.88. The Morgan fingerprint density at radius 1 is 1.20 bits per heavy atom. The van der Waals surface area contributed by atoms with Gasteiger partial charge in [0.15, 0.2) is 23.0 Å². The first-order chi connectivity index (χ1) is 19.5. The quantitative estimate of drug-likeness (QED) is 0.367. The molecule has 3 fully saturated rings. The van der Waals surface area contributed by atoms with Gasteiger partial charge in [-0.3, -0.25) is 29.0 Å². The first-order valence-electron chi connectivity index (χ1n) is 14.0. The maximum Gasteiger partial charge on any atom is 0.233 e. The van der Waals surface area contributed by atoms with Gasteiger partial charge in [0.1, 0.15) is 24.0 Å². The third kappa shape index (κ3) is 3.86. The van der Waals surface area contributed by atoms with Gasteiger partial charge in [0, 0.05) is 28.8 Å². The van der Waals surface area contributed by atoms with Gasteiger partial charge in [-0.2, -0.15) is 0 Å². The number of ether oxygens (including phenoxy) is 1. The molecule has 0 radical (unpaired) electrons. The molecule has 4 aliphatic rings. The van der Waals surface area contributed by atoms with Crippen molar-refractivity contribution in [2.24, 2.45) is 29.4 Å². The molecule has 6 atom stereocenters. The van der Waals surface area contributed by atoms with E-state index in [9.17, 15) is 29.4 Å². The molecule has 216 valence electrons. The topological polar surface area (TPSA) is 174 Å². The number of phenols is 1. The lowest BCUT2D eigenvalue weighted by Gasteiger charge is -2.53. The fraction of sp³-hybridized carbons (Fsp3) is 0.500. The number of primary amides is 1. The van der Waals surface area contributed by atoms with Crippen LogP contribution in [0.1, 0.15) is 28.8 Å². The number of likely N-dealkylation sites (tertiary alicyclic amines) is 1. The number of carbonyl (C=O) groups is 4. The predicted octanol–water partition coefficient (Wildman–Crippen LogP) is 0.555. The average molecular weight is 563 g/mol. The molecule has 0 bridgehead atoms. The Morgan fingerprint density at radius 3 is 2.49 bits per heavy atom. The number of hydrogen-bond donors (Lipinski definition) is 4. The number of likely N-dealkylation sites (N-methyl/N-ethyl adjacent to an activating group) is 1. The van der Waals surface area contributed by atoms with Gasteiger partial charge in [-0.15, -0.1) is 0 Å². The number of nitrogens with zero attached hydrogens (tertiary/aromatic N) is 2. The van der Waals surface area contributed by atoms with E-state index < -0.39 is 64.3 Å². The number of phenolic OH excluding ortho intramolecular Hbond substituents is 1. The van der Waals surface area contributed by atoms with E-state index in [1.54, 1.807) is 26.2 Å². The molecular weight excluding hydrogens is 528 g/mol. The van der Waals surface area contributed by atoms with Crippen LogP contribution < -0.4 is 10.5 Å². The lowest BCUT2D eigenvalue weighted by molar-refractivity contribution is -0.157. The highest BCUT2D eigenvalue weighted by molar-refractivity contribution is 6.33. The zero-order valence-electron chi connectivity index (χ0n) is 23.1. The molecule has 0 aromatic heterocycles. The molecule has 6 rings (SSSR count). The summed E-state index contributed by atoms with van der Waals surface area (Å²) in [6.07, 6.45) is 1.41. The van der Waals surface area contributed by atoms with Crippen molar-refractivity contribution < 1.29 is 34.1 Å². The lowest BCUT2D eigenvalue weighted by atomic mass is 9.52. The number of nitrogens with two attached hydrogens (primary N) is 1. The number of aliphatic hydroxyl groups is 1. The summed E-state index contributed by atoms with van der Waals surface area (Å²) >= 11 is 0. The molecule has 1 amide bonds. The number of rotatable bonds is 6. The first-order valence-corrected chi connectivity index (χ1v) is 14.0. The van der Waals surface area contributed by atoms with Crippen molar-refractivity contribution in [3.63, 3.8) is 0 Å². The molecule has 2 saturated carbocycles. The van der Waals surface area contributed by atoms with E-state index in [0.29, 0.717) is 35.2 Å². The molecule has 5 N–H and O–H groups in total. The van der Waals surface area contributed by atoms with Gasteiger partial charge in [-0.05, 0) is 52.4 Å². The van der Waals surface area contributed by atoms with E-state index in [2.05, 4.69) is 4.90 Å². The van der Waals surface area contributed by atoms with Crippen molar-refractivity contribution in [3.05, 3.63) is 35.4 Å². The van der Waals surface area contributed by atoms with E-state index in [1.165, 1.54) is 4.90 Å². The molecular formula is C30H34N4O7. The van der Waals surface area contributed by atoms with Crippen molar-refractivity contribution in [1.82, 2.24) is 9.80 Å². The standard InChI is InChI=1S/C30H34N4O7/c1-33(2)22-18-13-14-12-17-20(24(36)19(14)28(38)30(18,40)27(31)21(25(22)37)29(32)39)23(35)15-6-3-4-7-16(15)26(17)41-11-10-34-8-5-9-34/h3-4,6-7,14,18-19,21-22,31,35,40H,5,8-13H2,1-2H3,(H2,32,39). The summed E-state index contributed by atoms with van der Waals surface area (Å²) in [7, 11) is 3.20. The molecule has 2 aromatic carbocycles. The Labute approximate surface area is 236 Å². The third-order valence-corrected chi connectivity index (χ3v) is 9.56. The zero-order valence-corrected chi connectivity index (χ0v) is 23.1. The molecule has 3 aliphatic carbocycles. The molecule has 6 unspecified atom stereocenters. The Hall–Kier alpha value is -3.67. The highest BCUT2D eigenvalue weighted by atomic mass is 16.5. The Balaban J connectivity index is 1.46. The fourth-order valence-electron chi connectivity index (χ4n) is 7.49. The van der Waals surface area contributed by atoms with Crippen LogP contribution in [0.15, 0.2) is 24.3 Å². The van der Waals surface area contributed by atoms with E-state index in [-0.39, 0.29) is 24.2 Å². The van der Waals surface area contributed by atoms with E-state index in [1.807, 2.05) is 12.1 Å². The smallest absolute Gasteiger partial charge is 0.233 e. The second-order valence-corrected chi connectivity index (χ2v) is 12.0. The summed E-state index contributed by atoms with van der Waals surface area (Å²) in [5.41, 5.74) is 2.64. The summed E-state index contributed by atoms with van der Waals surface area (Å²) in [5.74, 6) is -7.95. The Kier molecular flexibility index (Phi) is 6.51. The second-order valence-electron chi connectivity index (χ2n) is 12.0. The van der Waals surface area contributed by atoms with Crippen LogP contribution in [-0.4, -0.2) is 101 Å². The highest BCUT2D eigenvalue weighted by Crippen LogP contribution is 2.53. The van der Waals surface area contributed by atoms with Crippen LogP contribution in [0.5, 0.6) is 11.5 Å². The number of nitrogens with one attached hydrogen (secondary N) is 1. The maximum atomic E-state index is 14.1. The number of amides is 1. The minimum Gasteiger partial charge on any atom is -0.507 e.